The minimum Gasteiger partial charge on any atom is -0.378 e. The molecular formula is C23H28N2. The summed E-state index contributed by atoms with van der Waals surface area (Å²) in [5, 5.41) is 3.86. The molecule has 0 spiro atoms. The van der Waals surface area contributed by atoms with Crippen molar-refractivity contribution in [1.82, 2.24) is 0 Å². The molecule has 2 nitrogen and oxygen atoms in total. The Bertz CT molecular complexity index is 788. The summed E-state index contributed by atoms with van der Waals surface area (Å²) in [4.78, 5) is 2.43. The molecule has 25 heavy (non-hydrogen) atoms. The van der Waals surface area contributed by atoms with Gasteiger partial charge in [0.1, 0.15) is 0 Å². The lowest BCUT2D eigenvalue weighted by atomic mass is 9.76. The summed E-state index contributed by atoms with van der Waals surface area (Å²) in [5.41, 5.74) is 6.86. The first-order valence-electron chi connectivity index (χ1n) is 9.60. The van der Waals surface area contributed by atoms with E-state index in [9.17, 15) is 0 Å². The van der Waals surface area contributed by atoms with E-state index in [1.54, 1.807) is 0 Å². The Morgan fingerprint density at radius 3 is 2.68 bits per heavy atom. The lowest BCUT2D eigenvalue weighted by Gasteiger charge is -2.38. The molecule has 0 bridgehead atoms. The number of rotatable bonds is 4. The van der Waals surface area contributed by atoms with Gasteiger partial charge in [-0.3, -0.25) is 0 Å². The van der Waals surface area contributed by atoms with Gasteiger partial charge in [0.25, 0.3) is 0 Å². The van der Waals surface area contributed by atoms with Crippen molar-refractivity contribution in [2.24, 2.45) is 5.92 Å². The van der Waals surface area contributed by atoms with Crippen LogP contribution in [0.25, 0.3) is 0 Å². The average molecular weight is 332 g/mol. The van der Waals surface area contributed by atoms with E-state index in [1.165, 1.54) is 28.1 Å². The van der Waals surface area contributed by atoms with Crippen molar-refractivity contribution in [3.63, 3.8) is 0 Å². The van der Waals surface area contributed by atoms with Crippen molar-refractivity contribution < 1.29 is 0 Å². The second-order valence-electron chi connectivity index (χ2n) is 7.33. The lowest BCUT2D eigenvalue weighted by molar-refractivity contribution is 0.425. The molecule has 2 aliphatic rings. The van der Waals surface area contributed by atoms with Gasteiger partial charge in [-0.2, -0.15) is 0 Å². The zero-order chi connectivity index (χ0) is 17.4. The molecule has 1 heterocycles. The van der Waals surface area contributed by atoms with Crippen LogP contribution in [0.5, 0.6) is 0 Å². The van der Waals surface area contributed by atoms with Crippen LogP contribution in [0.4, 0.5) is 11.4 Å². The van der Waals surface area contributed by atoms with Crippen LogP contribution >= 0.6 is 0 Å². The van der Waals surface area contributed by atoms with Gasteiger partial charge < -0.3 is 10.2 Å². The maximum atomic E-state index is 3.86. The van der Waals surface area contributed by atoms with Gasteiger partial charge in [-0.05, 0) is 62.4 Å². The topological polar surface area (TPSA) is 15.3 Å². The molecule has 0 radical (unpaired) electrons. The predicted octanol–water partition coefficient (Wildman–Crippen LogP) is 5.67. The Kier molecular flexibility index (Phi) is 4.29. The van der Waals surface area contributed by atoms with Crippen LogP contribution in [0.2, 0.25) is 0 Å². The predicted molar refractivity (Wildman–Crippen MR) is 108 cm³/mol. The summed E-state index contributed by atoms with van der Waals surface area (Å²) in [7, 11) is 0. The van der Waals surface area contributed by atoms with Crippen molar-refractivity contribution in [2.45, 2.75) is 39.2 Å². The minimum absolute atomic E-state index is 0.395. The van der Waals surface area contributed by atoms with Crippen molar-refractivity contribution in [3.8, 4) is 0 Å². The van der Waals surface area contributed by atoms with Gasteiger partial charge in [-0.25, -0.2) is 0 Å². The Labute approximate surface area is 151 Å². The zero-order valence-corrected chi connectivity index (χ0v) is 15.5. The first-order valence-corrected chi connectivity index (χ1v) is 9.60. The number of hydrogen-bond acceptors (Lipinski definition) is 2. The van der Waals surface area contributed by atoms with Crippen LogP contribution < -0.4 is 10.2 Å². The number of nitrogens with zero attached hydrogens (tertiary/aromatic N) is 1. The normalized spacial score (nSPS) is 23.7. The Morgan fingerprint density at radius 2 is 1.92 bits per heavy atom. The maximum Gasteiger partial charge on any atom is 0.0554 e. The van der Waals surface area contributed by atoms with Crippen LogP contribution in [-0.2, 0) is 0 Å². The van der Waals surface area contributed by atoms with Gasteiger partial charge in [0.05, 0.1) is 6.04 Å². The van der Waals surface area contributed by atoms with Crippen molar-refractivity contribution in [1.29, 1.82) is 0 Å². The molecule has 1 aliphatic heterocycles. The largest absolute Gasteiger partial charge is 0.378 e. The highest BCUT2D eigenvalue weighted by molar-refractivity contribution is 5.66. The maximum absolute atomic E-state index is 3.86. The molecule has 2 aromatic carbocycles. The molecule has 0 amide bonds. The molecule has 2 heteroatoms. The number of benzene rings is 2. The van der Waals surface area contributed by atoms with Gasteiger partial charge >= 0.3 is 0 Å². The molecule has 4 rings (SSSR count). The average Bonchev–Trinajstić information content (AvgIpc) is 3.12. The number of allylic oxidation sites excluding steroid dienone is 2. The minimum atomic E-state index is 0.395. The second-order valence-corrected chi connectivity index (χ2v) is 7.33. The number of nitrogens with one attached hydrogen (secondary N) is 1. The van der Waals surface area contributed by atoms with Gasteiger partial charge in [-0.1, -0.05) is 42.0 Å². The molecule has 0 saturated heterocycles. The third-order valence-electron chi connectivity index (χ3n) is 5.88. The summed E-state index contributed by atoms with van der Waals surface area (Å²) in [6.07, 6.45) is 5.96. The summed E-state index contributed by atoms with van der Waals surface area (Å²) >= 11 is 0. The first kappa shape index (κ1) is 16.3. The fourth-order valence-corrected chi connectivity index (χ4v) is 4.56. The van der Waals surface area contributed by atoms with E-state index in [4.69, 9.17) is 0 Å². The van der Waals surface area contributed by atoms with Crippen molar-refractivity contribution in [2.75, 3.05) is 23.3 Å². The third-order valence-corrected chi connectivity index (χ3v) is 5.88. The van der Waals surface area contributed by atoms with E-state index in [0.717, 1.165) is 19.5 Å². The van der Waals surface area contributed by atoms with E-state index in [-0.39, 0.29) is 0 Å². The fourth-order valence-electron chi connectivity index (χ4n) is 4.56. The Morgan fingerprint density at radius 1 is 1.08 bits per heavy atom. The summed E-state index contributed by atoms with van der Waals surface area (Å²) in [6, 6.07) is 16.3. The van der Waals surface area contributed by atoms with Crippen LogP contribution in [-0.4, -0.2) is 13.1 Å². The van der Waals surface area contributed by atoms with Crippen molar-refractivity contribution in [3.05, 3.63) is 71.3 Å². The number of aryl methyl sites for hydroxylation is 1. The van der Waals surface area contributed by atoms with Crippen LogP contribution in [0.15, 0.2) is 54.6 Å². The van der Waals surface area contributed by atoms with Crippen LogP contribution in [0.1, 0.15) is 48.9 Å². The molecule has 3 atom stereocenters. The number of fused-ring (bicyclic) bond motifs is 3. The molecule has 0 fully saturated rings. The van der Waals surface area contributed by atoms with Gasteiger partial charge in [0.2, 0.25) is 0 Å². The molecule has 1 aliphatic carbocycles. The number of anilines is 2. The van der Waals surface area contributed by atoms with Gasteiger partial charge in [0.15, 0.2) is 0 Å². The molecule has 3 unspecified atom stereocenters. The first-order chi connectivity index (χ1) is 12.2. The fraction of sp³-hybridized carbons (Fsp3) is 0.391. The SMILES string of the molecule is CCN(CC)c1ccc2c(c1)C1C=CCC1C(c1cccc(C)c1)N2. The van der Waals surface area contributed by atoms with Crippen molar-refractivity contribution >= 4 is 11.4 Å². The van der Waals surface area contributed by atoms with Crippen LogP contribution in [0, 0.1) is 12.8 Å². The summed E-state index contributed by atoms with van der Waals surface area (Å²) < 4.78 is 0. The molecule has 0 saturated carbocycles. The van der Waals surface area contributed by atoms with Gasteiger partial charge in [-0.15, -0.1) is 0 Å². The van der Waals surface area contributed by atoms with E-state index in [1.807, 2.05) is 0 Å². The quantitative estimate of drug-likeness (QED) is 0.726. The van der Waals surface area contributed by atoms with Crippen LogP contribution in [0.3, 0.4) is 0 Å². The standard InChI is InChI=1S/C23H28N2/c1-4-25(5-2)18-12-13-22-21(15-18)19-10-7-11-20(19)23(24-22)17-9-6-8-16(3)14-17/h6-10,12-15,19-20,23-24H,4-5,11H2,1-3H3. The molecule has 130 valence electrons. The molecule has 1 N–H and O–H groups in total. The smallest absolute Gasteiger partial charge is 0.0554 e. The summed E-state index contributed by atoms with van der Waals surface area (Å²) in [5.74, 6) is 1.14. The van der Waals surface area contributed by atoms with E-state index in [0.29, 0.717) is 17.9 Å². The Balaban J connectivity index is 1.73. The highest BCUT2D eigenvalue weighted by Crippen LogP contribution is 2.50. The Hall–Kier alpha value is -2.22. The zero-order valence-electron chi connectivity index (χ0n) is 15.5. The highest BCUT2D eigenvalue weighted by atomic mass is 15.1. The molecule has 2 aromatic rings. The molecular weight excluding hydrogens is 304 g/mol. The highest BCUT2D eigenvalue weighted by Gasteiger charge is 2.38. The summed E-state index contributed by atoms with van der Waals surface area (Å²) in [6.45, 7) is 8.75. The number of hydrogen-bond donors (Lipinski definition) is 1. The van der Waals surface area contributed by atoms with Gasteiger partial charge in [0, 0.05) is 30.4 Å². The molecule has 0 aromatic heterocycles. The monoisotopic (exact) mass is 332 g/mol. The lowest BCUT2D eigenvalue weighted by Crippen LogP contribution is -2.29. The third kappa shape index (κ3) is 2.84. The van der Waals surface area contributed by atoms with E-state index >= 15 is 0 Å². The van der Waals surface area contributed by atoms with E-state index < -0.39 is 0 Å². The van der Waals surface area contributed by atoms with E-state index in [2.05, 4.69) is 85.6 Å². The second kappa shape index (κ2) is 6.59.